The maximum absolute atomic E-state index is 13.5. The topological polar surface area (TPSA) is 50.9 Å². The zero-order valence-corrected chi connectivity index (χ0v) is 11.0. The van der Waals surface area contributed by atoms with Crippen molar-refractivity contribution in [3.8, 4) is 0 Å². The Morgan fingerprint density at radius 3 is 2.50 bits per heavy atom. The zero-order chi connectivity index (χ0) is 13.3. The second-order valence-corrected chi connectivity index (χ2v) is 4.56. The van der Waals surface area contributed by atoms with Crippen LogP contribution in [-0.2, 0) is 13.5 Å². The van der Waals surface area contributed by atoms with Crippen molar-refractivity contribution in [2.45, 2.75) is 12.5 Å². The Morgan fingerprint density at radius 1 is 1.39 bits per heavy atom. The van der Waals surface area contributed by atoms with Crippen molar-refractivity contribution in [3.05, 3.63) is 45.7 Å². The highest BCUT2D eigenvalue weighted by molar-refractivity contribution is 9.10. The van der Waals surface area contributed by atoms with Crippen LogP contribution in [0.5, 0.6) is 0 Å². The van der Waals surface area contributed by atoms with Crippen molar-refractivity contribution in [1.29, 1.82) is 0 Å². The van der Waals surface area contributed by atoms with E-state index in [-0.39, 0.29) is 12.0 Å². The van der Waals surface area contributed by atoms with Gasteiger partial charge in [-0.1, -0.05) is 11.3 Å². The van der Waals surface area contributed by atoms with Crippen molar-refractivity contribution in [2.75, 3.05) is 0 Å². The molecule has 0 aliphatic heterocycles. The number of aliphatic hydroxyl groups excluding tert-OH is 1. The minimum absolute atomic E-state index is 0.155. The summed E-state index contributed by atoms with van der Waals surface area (Å²) >= 11 is 3.13. The third-order valence-corrected chi connectivity index (χ3v) is 3.17. The Kier molecular flexibility index (Phi) is 3.72. The van der Waals surface area contributed by atoms with Gasteiger partial charge < -0.3 is 5.11 Å². The molecule has 0 saturated heterocycles. The fourth-order valence-electron chi connectivity index (χ4n) is 1.71. The summed E-state index contributed by atoms with van der Waals surface area (Å²) in [5.41, 5.74) is 0.218. The molecule has 1 N–H and O–H groups in total. The number of nitrogens with zero attached hydrogens (tertiary/aromatic N) is 3. The molecular formula is C11H10BrF2N3O. The Bertz CT molecular complexity index is 534. The Morgan fingerprint density at radius 2 is 2.00 bits per heavy atom. The summed E-state index contributed by atoms with van der Waals surface area (Å²) < 4.78 is 28.6. The molecule has 96 valence electrons. The van der Waals surface area contributed by atoms with Crippen molar-refractivity contribution >= 4 is 15.9 Å². The van der Waals surface area contributed by atoms with Gasteiger partial charge in [0.05, 0.1) is 0 Å². The molecule has 1 atom stereocenters. The highest BCUT2D eigenvalue weighted by atomic mass is 79.9. The molecule has 18 heavy (non-hydrogen) atoms. The average Bonchev–Trinajstić information content (AvgIpc) is 2.64. The van der Waals surface area contributed by atoms with E-state index in [1.54, 1.807) is 7.05 Å². The van der Waals surface area contributed by atoms with Crippen LogP contribution in [0.1, 0.15) is 17.4 Å². The van der Waals surface area contributed by atoms with Gasteiger partial charge >= 0.3 is 0 Å². The summed E-state index contributed by atoms with van der Waals surface area (Å²) in [5, 5.41) is 17.4. The predicted molar refractivity (Wildman–Crippen MR) is 63.7 cm³/mol. The van der Waals surface area contributed by atoms with Gasteiger partial charge in [0.1, 0.15) is 23.4 Å². The fraction of sp³-hybridized carbons (Fsp3) is 0.273. The normalized spacial score (nSPS) is 12.7. The van der Waals surface area contributed by atoms with E-state index in [1.165, 1.54) is 10.7 Å². The zero-order valence-electron chi connectivity index (χ0n) is 9.44. The van der Waals surface area contributed by atoms with Gasteiger partial charge in [0.25, 0.3) is 0 Å². The van der Waals surface area contributed by atoms with Gasteiger partial charge in [-0.05, 0) is 28.1 Å². The number of hydrogen-bond acceptors (Lipinski definition) is 3. The average molecular weight is 318 g/mol. The van der Waals surface area contributed by atoms with E-state index in [2.05, 4.69) is 26.2 Å². The van der Waals surface area contributed by atoms with E-state index in [0.29, 0.717) is 10.3 Å². The van der Waals surface area contributed by atoms with Crippen LogP contribution in [-0.4, -0.2) is 20.1 Å². The summed E-state index contributed by atoms with van der Waals surface area (Å²) in [4.78, 5) is 0. The lowest BCUT2D eigenvalue weighted by Crippen LogP contribution is -2.10. The van der Waals surface area contributed by atoms with Gasteiger partial charge in [-0.15, -0.1) is 5.10 Å². The van der Waals surface area contributed by atoms with Gasteiger partial charge in [-0.25, -0.2) is 13.5 Å². The minimum Gasteiger partial charge on any atom is -0.386 e. The standard InChI is InChI=1S/C11H10BrF2N3O/c1-17-10(11(12)15-16-17)9(18)5-6-7(13)3-2-4-8(6)14/h2-4,9,18H,5H2,1H3. The third kappa shape index (κ3) is 2.41. The van der Waals surface area contributed by atoms with Crippen LogP contribution >= 0.6 is 15.9 Å². The van der Waals surface area contributed by atoms with Crippen LogP contribution in [0, 0.1) is 11.6 Å². The van der Waals surface area contributed by atoms with Crippen LogP contribution in [0.25, 0.3) is 0 Å². The van der Waals surface area contributed by atoms with Gasteiger partial charge in [0.15, 0.2) is 4.60 Å². The molecule has 1 heterocycles. The first-order valence-corrected chi connectivity index (χ1v) is 5.96. The van der Waals surface area contributed by atoms with E-state index in [9.17, 15) is 13.9 Å². The van der Waals surface area contributed by atoms with Crippen LogP contribution in [0.4, 0.5) is 8.78 Å². The largest absolute Gasteiger partial charge is 0.386 e. The van der Waals surface area contributed by atoms with Crippen LogP contribution in [0.15, 0.2) is 22.8 Å². The Labute approximate surface area is 110 Å². The molecule has 1 aromatic carbocycles. The number of aromatic nitrogens is 3. The van der Waals surface area contributed by atoms with E-state index < -0.39 is 17.7 Å². The monoisotopic (exact) mass is 317 g/mol. The number of halogens is 3. The smallest absolute Gasteiger partial charge is 0.154 e. The van der Waals surface area contributed by atoms with Crippen LogP contribution in [0.3, 0.4) is 0 Å². The number of hydrogen-bond donors (Lipinski definition) is 1. The maximum Gasteiger partial charge on any atom is 0.154 e. The van der Waals surface area contributed by atoms with Crippen molar-refractivity contribution < 1.29 is 13.9 Å². The molecule has 2 aromatic rings. The predicted octanol–water partition coefficient (Wildman–Crippen LogP) is 2.13. The molecule has 7 heteroatoms. The molecule has 0 fully saturated rings. The number of aliphatic hydroxyl groups is 1. The molecule has 0 aliphatic rings. The quantitative estimate of drug-likeness (QED) is 0.943. The summed E-state index contributed by atoms with van der Waals surface area (Å²) in [6.45, 7) is 0. The second kappa shape index (κ2) is 5.11. The summed E-state index contributed by atoms with van der Waals surface area (Å²) in [5.74, 6) is -1.36. The SMILES string of the molecule is Cn1nnc(Br)c1C(O)Cc1c(F)cccc1F. The van der Waals surface area contributed by atoms with Gasteiger partial charge in [-0.2, -0.15) is 0 Å². The maximum atomic E-state index is 13.5. The summed E-state index contributed by atoms with van der Waals surface area (Å²) in [6, 6.07) is 3.59. The van der Waals surface area contributed by atoms with Crippen molar-refractivity contribution in [1.82, 2.24) is 15.0 Å². The lowest BCUT2D eigenvalue weighted by atomic mass is 10.0. The fourth-order valence-corrected chi connectivity index (χ4v) is 2.30. The number of aryl methyl sites for hydroxylation is 1. The molecule has 0 amide bonds. The molecule has 0 saturated carbocycles. The van der Waals surface area contributed by atoms with Gasteiger partial charge in [-0.3, -0.25) is 0 Å². The van der Waals surface area contributed by atoms with Crippen LogP contribution in [0.2, 0.25) is 0 Å². The molecular weight excluding hydrogens is 308 g/mol. The number of rotatable bonds is 3. The first-order chi connectivity index (χ1) is 8.50. The van der Waals surface area contributed by atoms with E-state index in [0.717, 1.165) is 12.1 Å². The Balaban J connectivity index is 2.30. The highest BCUT2D eigenvalue weighted by Gasteiger charge is 2.21. The summed E-state index contributed by atoms with van der Waals surface area (Å²) in [6.07, 6.45) is -1.27. The lowest BCUT2D eigenvalue weighted by Gasteiger charge is -2.12. The molecule has 0 spiro atoms. The molecule has 0 radical (unpaired) electrons. The molecule has 1 unspecified atom stereocenters. The van der Waals surface area contributed by atoms with E-state index in [1.807, 2.05) is 0 Å². The molecule has 1 aromatic heterocycles. The van der Waals surface area contributed by atoms with E-state index in [4.69, 9.17) is 0 Å². The third-order valence-electron chi connectivity index (χ3n) is 2.60. The second-order valence-electron chi connectivity index (χ2n) is 3.81. The first-order valence-electron chi connectivity index (χ1n) is 5.16. The van der Waals surface area contributed by atoms with Crippen LogP contribution < -0.4 is 0 Å². The molecule has 2 rings (SSSR count). The molecule has 0 aliphatic carbocycles. The first kappa shape index (κ1) is 13.1. The van der Waals surface area contributed by atoms with E-state index >= 15 is 0 Å². The van der Waals surface area contributed by atoms with Gasteiger partial charge in [0.2, 0.25) is 0 Å². The summed E-state index contributed by atoms with van der Waals surface area (Å²) in [7, 11) is 1.59. The van der Waals surface area contributed by atoms with Gasteiger partial charge in [0, 0.05) is 19.0 Å². The lowest BCUT2D eigenvalue weighted by molar-refractivity contribution is 0.165. The highest BCUT2D eigenvalue weighted by Crippen LogP contribution is 2.25. The van der Waals surface area contributed by atoms with Crippen molar-refractivity contribution in [3.63, 3.8) is 0 Å². The molecule has 0 bridgehead atoms. The number of benzene rings is 1. The molecule has 4 nitrogen and oxygen atoms in total. The minimum atomic E-state index is -1.09. The van der Waals surface area contributed by atoms with Crippen molar-refractivity contribution in [2.24, 2.45) is 7.05 Å². The Hall–Kier alpha value is -1.34.